The highest BCUT2D eigenvalue weighted by Crippen LogP contribution is 2.50. The average molecular weight is 371 g/mol. The number of carbonyl (C=O) groups excluding carboxylic acids is 1. The van der Waals surface area contributed by atoms with Crippen molar-refractivity contribution in [1.82, 2.24) is 15.2 Å². The Labute approximate surface area is 154 Å². The summed E-state index contributed by atoms with van der Waals surface area (Å²) in [6.45, 7) is 2.07. The first-order valence-corrected chi connectivity index (χ1v) is 8.70. The highest BCUT2D eigenvalue weighted by Gasteiger charge is 2.63. The van der Waals surface area contributed by atoms with Crippen LogP contribution in [0, 0.1) is 0 Å². The van der Waals surface area contributed by atoms with Crippen molar-refractivity contribution in [3.63, 3.8) is 0 Å². The summed E-state index contributed by atoms with van der Waals surface area (Å²) in [7, 11) is 0. The second-order valence-electron chi connectivity index (χ2n) is 6.52. The maximum Gasteiger partial charge on any atom is 0.232 e. The van der Waals surface area contributed by atoms with Crippen LogP contribution in [0.25, 0.3) is 22.0 Å². The molecule has 5 nitrogen and oxygen atoms in total. The van der Waals surface area contributed by atoms with Crippen molar-refractivity contribution in [2.45, 2.75) is 31.4 Å². The molecule has 2 aromatic heterocycles. The number of hydrogen-bond acceptors (Lipinski definition) is 4. The summed E-state index contributed by atoms with van der Waals surface area (Å²) in [5.74, 6) is -0.721. The number of nitrogens with zero attached hydrogens (tertiary/aromatic N) is 3. The Morgan fingerprint density at radius 3 is 2.81 bits per heavy atom. The van der Waals surface area contributed by atoms with Crippen LogP contribution >= 0.6 is 11.6 Å². The fraction of sp³-hybridized carbons (Fsp3) is 0.263. The SMILES string of the molecule is CCc1ccncc1-c1cc(Cl)c2nnc(C3(C(N)=O)CC3F)cc2c1. The summed E-state index contributed by atoms with van der Waals surface area (Å²) >= 11 is 6.39. The van der Waals surface area contributed by atoms with Gasteiger partial charge in [0.25, 0.3) is 0 Å². The van der Waals surface area contributed by atoms with Crippen LogP contribution in [0.3, 0.4) is 0 Å². The van der Waals surface area contributed by atoms with Gasteiger partial charge >= 0.3 is 0 Å². The maximum atomic E-state index is 13.9. The number of amides is 1. The van der Waals surface area contributed by atoms with Crippen molar-refractivity contribution >= 4 is 28.4 Å². The lowest BCUT2D eigenvalue weighted by Gasteiger charge is -2.12. The number of nitrogens with two attached hydrogens (primary N) is 1. The molecule has 1 amide bonds. The van der Waals surface area contributed by atoms with E-state index in [9.17, 15) is 9.18 Å². The zero-order valence-corrected chi connectivity index (χ0v) is 14.8. The van der Waals surface area contributed by atoms with E-state index in [0.717, 1.165) is 23.1 Å². The minimum Gasteiger partial charge on any atom is -0.369 e. The third-order valence-corrected chi connectivity index (χ3v) is 5.31. The highest BCUT2D eigenvalue weighted by molar-refractivity contribution is 6.35. The molecular weight excluding hydrogens is 355 g/mol. The standard InChI is InChI=1S/C19H16ClFN4O/c1-2-10-3-4-23-9-13(10)11-5-12-7-16(19(18(22)26)8-15(19)21)24-25-17(12)14(20)6-11/h3-7,9,15H,2,8H2,1H3,(H2,22,26). The minimum atomic E-state index is -1.37. The largest absolute Gasteiger partial charge is 0.369 e. The quantitative estimate of drug-likeness (QED) is 0.763. The topological polar surface area (TPSA) is 81.8 Å². The van der Waals surface area contributed by atoms with Crippen molar-refractivity contribution in [2.24, 2.45) is 5.73 Å². The molecule has 1 aliphatic rings. The lowest BCUT2D eigenvalue weighted by atomic mass is 9.96. The molecule has 2 heterocycles. The van der Waals surface area contributed by atoms with Gasteiger partial charge in [-0.15, -0.1) is 5.10 Å². The maximum absolute atomic E-state index is 13.9. The third-order valence-electron chi connectivity index (χ3n) is 5.02. The summed E-state index contributed by atoms with van der Waals surface area (Å²) in [5.41, 5.74) is 7.77. The highest BCUT2D eigenvalue weighted by atomic mass is 35.5. The number of aromatic nitrogens is 3. The summed E-state index contributed by atoms with van der Waals surface area (Å²) in [6.07, 6.45) is 3.10. The Balaban J connectivity index is 1.90. The Kier molecular flexibility index (Phi) is 3.88. The van der Waals surface area contributed by atoms with Crippen molar-refractivity contribution < 1.29 is 9.18 Å². The molecule has 2 unspecified atom stereocenters. The van der Waals surface area contributed by atoms with Gasteiger partial charge in [-0.2, -0.15) is 5.10 Å². The van der Waals surface area contributed by atoms with Crippen molar-refractivity contribution in [2.75, 3.05) is 0 Å². The van der Waals surface area contributed by atoms with E-state index in [1.165, 1.54) is 0 Å². The first kappa shape index (κ1) is 16.8. The molecule has 132 valence electrons. The normalized spacial score (nSPS) is 21.7. The molecule has 0 radical (unpaired) electrons. The summed E-state index contributed by atoms with van der Waals surface area (Å²) in [6, 6.07) is 7.33. The number of halogens is 2. The van der Waals surface area contributed by atoms with E-state index in [4.69, 9.17) is 17.3 Å². The summed E-state index contributed by atoms with van der Waals surface area (Å²) in [4.78, 5) is 15.9. The first-order chi connectivity index (χ1) is 12.5. The molecule has 0 bridgehead atoms. The van der Waals surface area contributed by atoms with Crippen LogP contribution in [0.4, 0.5) is 4.39 Å². The number of hydrogen-bond donors (Lipinski definition) is 1. The lowest BCUT2D eigenvalue weighted by molar-refractivity contribution is -0.121. The number of rotatable bonds is 4. The first-order valence-electron chi connectivity index (χ1n) is 8.32. The van der Waals surface area contributed by atoms with Gasteiger partial charge in [0.2, 0.25) is 5.91 Å². The lowest BCUT2D eigenvalue weighted by Crippen LogP contribution is -2.32. The predicted molar refractivity (Wildman–Crippen MR) is 97.5 cm³/mol. The molecule has 2 atom stereocenters. The van der Waals surface area contributed by atoms with Crippen LogP contribution in [0.1, 0.15) is 24.6 Å². The molecule has 7 heteroatoms. The fourth-order valence-corrected chi connectivity index (χ4v) is 3.62. The number of alkyl halides is 1. The zero-order valence-electron chi connectivity index (χ0n) is 14.0. The Morgan fingerprint density at radius 2 is 2.15 bits per heavy atom. The van der Waals surface area contributed by atoms with Crippen LogP contribution in [0.15, 0.2) is 36.7 Å². The van der Waals surface area contributed by atoms with Crippen LogP contribution in [0.5, 0.6) is 0 Å². The summed E-state index contributed by atoms with van der Waals surface area (Å²) < 4.78 is 13.9. The predicted octanol–water partition coefficient (Wildman–Crippen LogP) is 3.37. The Morgan fingerprint density at radius 1 is 1.38 bits per heavy atom. The fourth-order valence-electron chi connectivity index (χ4n) is 3.35. The molecule has 1 aliphatic carbocycles. The number of aryl methyl sites for hydroxylation is 1. The van der Waals surface area contributed by atoms with Gasteiger partial charge in [-0.1, -0.05) is 18.5 Å². The van der Waals surface area contributed by atoms with E-state index in [2.05, 4.69) is 22.1 Å². The molecule has 3 aromatic rings. The zero-order chi connectivity index (χ0) is 18.5. The molecule has 0 aliphatic heterocycles. The van der Waals surface area contributed by atoms with E-state index in [-0.39, 0.29) is 12.1 Å². The smallest absolute Gasteiger partial charge is 0.232 e. The second kappa shape index (κ2) is 5.99. The monoisotopic (exact) mass is 370 g/mol. The number of fused-ring (bicyclic) bond motifs is 1. The molecule has 26 heavy (non-hydrogen) atoms. The molecular formula is C19H16ClFN4O. The van der Waals surface area contributed by atoms with E-state index in [0.29, 0.717) is 15.9 Å². The van der Waals surface area contributed by atoms with Gasteiger partial charge in [-0.25, -0.2) is 4.39 Å². The average Bonchev–Trinajstić information content (AvgIpc) is 3.33. The molecule has 2 N–H and O–H groups in total. The molecule has 1 aromatic carbocycles. The van der Waals surface area contributed by atoms with Crippen molar-refractivity contribution in [3.8, 4) is 11.1 Å². The summed E-state index contributed by atoms with van der Waals surface area (Å²) in [5, 5.41) is 9.25. The van der Waals surface area contributed by atoms with Crippen LogP contribution in [-0.2, 0) is 16.6 Å². The second-order valence-corrected chi connectivity index (χ2v) is 6.93. The van der Waals surface area contributed by atoms with Gasteiger partial charge in [0.05, 0.1) is 10.7 Å². The van der Waals surface area contributed by atoms with E-state index in [1.54, 1.807) is 18.5 Å². The van der Waals surface area contributed by atoms with Gasteiger partial charge in [0.15, 0.2) is 0 Å². The van der Waals surface area contributed by atoms with Crippen LogP contribution < -0.4 is 5.73 Å². The molecule has 1 fully saturated rings. The van der Waals surface area contributed by atoms with Gasteiger partial charge in [0.1, 0.15) is 17.1 Å². The number of benzene rings is 1. The number of pyridine rings is 1. The number of primary amides is 1. The van der Waals surface area contributed by atoms with Crippen LogP contribution in [-0.4, -0.2) is 27.3 Å². The minimum absolute atomic E-state index is 0.0402. The molecule has 1 saturated carbocycles. The molecule has 0 spiro atoms. The van der Waals surface area contributed by atoms with Gasteiger partial charge in [-0.05, 0) is 41.8 Å². The van der Waals surface area contributed by atoms with E-state index in [1.807, 2.05) is 18.2 Å². The van der Waals surface area contributed by atoms with Gasteiger partial charge in [-0.3, -0.25) is 9.78 Å². The molecule has 4 rings (SSSR count). The number of carbonyl (C=O) groups is 1. The van der Waals surface area contributed by atoms with E-state index >= 15 is 0 Å². The third kappa shape index (κ3) is 2.44. The molecule has 0 saturated heterocycles. The van der Waals surface area contributed by atoms with Crippen molar-refractivity contribution in [1.29, 1.82) is 0 Å². The Hall–Kier alpha value is -2.60. The van der Waals surface area contributed by atoms with Gasteiger partial charge in [0, 0.05) is 29.8 Å². The van der Waals surface area contributed by atoms with Crippen LogP contribution in [0.2, 0.25) is 5.02 Å². The van der Waals surface area contributed by atoms with Crippen molar-refractivity contribution in [3.05, 3.63) is 52.9 Å². The van der Waals surface area contributed by atoms with Gasteiger partial charge < -0.3 is 5.73 Å². The van der Waals surface area contributed by atoms with E-state index < -0.39 is 17.5 Å². The Bertz CT molecular complexity index is 1040.